The second kappa shape index (κ2) is 7.61. The van der Waals surface area contributed by atoms with Crippen LogP contribution >= 0.6 is 0 Å². The van der Waals surface area contributed by atoms with E-state index in [0.29, 0.717) is 17.2 Å². The van der Waals surface area contributed by atoms with Crippen molar-refractivity contribution in [3.05, 3.63) is 42.5 Å². The van der Waals surface area contributed by atoms with Gasteiger partial charge in [0.05, 0.1) is 29.7 Å². The largest absolute Gasteiger partial charge is 0.493 e. The van der Waals surface area contributed by atoms with Crippen LogP contribution in [0.5, 0.6) is 11.5 Å². The fourth-order valence-electron chi connectivity index (χ4n) is 2.60. The number of methoxy groups -OCH3 is 2. The monoisotopic (exact) mass is 426 g/mol. The van der Waals surface area contributed by atoms with Gasteiger partial charge in [-0.25, -0.2) is 21.6 Å². The molecule has 3 rings (SSSR count). The van der Waals surface area contributed by atoms with E-state index in [4.69, 9.17) is 9.47 Å². The summed E-state index contributed by atoms with van der Waals surface area (Å²) in [4.78, 5) is 0.0160. The zero-order valence-electron chi connectivity index (χ0n) is 15.7. The second-order valence-corrected chi connectivity index (χ2v) is 10.1. The minimum atomic E-state index is -3.89. The molecule has 0 saturated heterocycles. The SMILES string of the molecule is COc1ccc(N(C)S(=O)(=O)c2ccc(S(=O)(=O)NC3CC3)cc2)cc1OC. The summed E-state index contributed by atoms with van der Waals surface area (Å²) in [6.45, 7) is 0. The van der Waals surface area contributed by atoms with Crippen molar-refractivity contribution < 1.29 is 26.3 Å². The average molecular weight is 427 g/mol. The predicted octanol–water partition coefficient (Wildman–Crippen LogP) is 1.97. The van der Waals surface area contributed by atoms with Crippen molar-refractivity contribution in [1.29, 1.82) is 0 Å². The zero-order chi connectivity index (χ0) is 20.5. The number of benzene rings is 2. The Bertz CT molecular complexity index is 1060. The molecule has 0 heterocycles. The number of nitrogens with zero attached hydrogens (tertiary/aromatic N) is 1. The maximum atomic E-state index is 12.9. The maximum absolute atomic E-state index is 12.9. The van der Waals surface area contributed by atoms with E-state index in [-0.39, 0.29) is 15.8 Å². The van der Waals surface area contributed by atoms with Gasteiger partial charge in [0.1, 0.15) is 0 Å². The first-order valence-corrected chi connectivity index (χ1v) is 11.4. The molecule has 0 radical (unpaired) electrons. The number of hydrogen-bond acceptors (Lipinski definition) is 6. The van der Waals surface area contributed by atoms with E-state index >= 15 is 0 Å². The molecular formula is C18H22N2O6S2. The van der Waals surface area contributed by atoms with E-state index in [0.717, 1.165) is 17.1 Å². The molecule has 0 spiro atoms. The van der Waals surface area contributed by atoms with E-state index in [2.05, 4.69) is 4.72 Å². The van der Waals surface area contributed by atoms with Crippen LogP contribution in [0.4, 0.5) is 5.69 Å². The lowest BCUT2D eigenvalue weighted by Crippen LogP contribution is -2.27. The first-order chi connectivity index (χ1) is 13.2. The van der Waals surface area contributed by atoms with Crippen LogP contribution in [-0.4, -0.2) is 44.1 Å². The molecule has 1 N–H and O–H groups in total. The number of sulfonamides is 2. The van der Waals surface area contributed by atoms with Crippen LogP contribution in [0.2, 0.25) is 0 Å². The highest BCUT2D eigenvalue weighted by Crippen LogP contribution is 2.33. The number of hydrogen-bond donors (Lipinski definition) is 1. The lowest BCUT2D eigenvalue weighted by Gasteiger charge is -2.21. The van der Waals surface area contributed by atoms with E-state index in [1.807, 2.05) is 0 Å². The fourth-order valence-corrected chi connectivity index (χ4v) is 5.09. The zero-order valence-corrected chi connectivity index (χ0v) is 17.4. The molecule has 1 fully saturated rings. The molecule has 0 aromatic heterocycles. The van der Waals surface area contributed by atoms with Crippen molar-refractivity contribution in [3.8, 4) is 11.5 Å². The molecule has 1 aliphatic rings. The summed E-state index contributed by atoms with van der Waals surface area (Å²) in [6, 6.07) is 9.89. The molecule has 8 nitrogen and oxygen atoms in total. The Kier molecular flexibility index (Phi) is 5.55. The highest BCUT2D eigenvalue weighted by Gasteiger charge is 2.28. The van der Waals surface area contributed by atoms with Gasteiger partial charge >= 0.3 is 0 Å². The van der Waals surface area contributed by atoms with Gasteiger partial charge in [-0.15, -0.1) is 0 Å². The van der Waals surface area contributed by atoms with Gasteiger partial charge in [0.15, 0.2) is 11.5 Å². The van der Waals surface area contributed by atoms with Gasteiger partial charge in [-0.3, -0.25) is 4.31 Å². The third-order valence-electron chi connectivity index (χ3n) is 4.42. The van der Waals surface area contributed by atoms with Gasteiger partial charge in [0.25, 0.3) is 10.0 Å². The normalized spacial score (nSPS) is 14.5. The van der Waals surface area contributed by atoms with Crippen molar-refractivity contribution in [2.45, 2.75) is 28.7 Å². The van der Waals surface area contributed by atoms with Crippen molar-refractivity contribution in [3.63, 3.8) is 0 Å². The number of rotatable bonds is 8. The van der Waals surface area contributed by atoms with Crippen molar-refractivity contribution in [2.75, 3.05) is 25.6 Å². The minimum Gasteiger partial charge on any atom is -0.493 e. The Morgan fingerprint density at radius 2 is 1.46 bits per heavy atom. The molecule has 0 atom stereocenters. The summed E-state index contributed by atoms with van der Waals surface area (Å²) < 4.78 is 64.4. The molecule has 0 aliphatic heterocycles. The van der Waals surface area contributed by atoms with E-state index < -0.39 is 20.0 Å². The van der Waals surface area contributed by atoms with Gasteiger partial charge in [-0.2, -0.15) is 0 Å². The van der Waals surface area contributed by atoms with Gasteiger partial charge in [0, 0.05) is 19.2 Å². The minimum absolute atomic E-state index is 0.0184. The molecule has 0 unspecified atom stereocenters. The molecule has 1 aliphatic carbocycles. The van der Waals surface area contributed by atoms with Crippen LogP contribution in [-0.2, 0) is 20.0 Å². The van der Waals surface area contributed by atoms with Crippen LogP contribution in [0.25, 0.3) is 0 Å². The number of anilines is 1. The van der Waals surface area contributed by atoms with E-state index in [1.54, 1.807) is 18.2 Å². The Balaban J connectivity index is 1.87. The van der Waals surface area contributed by atoms with Crippen LogP contribution in [0.3, 0.4) is 0 Å². The van der Waals surface area contributed by atoms with Gasteiger partial charge in [-0.05, 0) is 49.2 Å². The summed E-state index contributed by atoms with van der Waals surface area (Å²) in [6.07, 6.45) is 1.64. The standard InChI is InChI=1S/C18H22N2O6S2/c1-20(14-6-11-17(25-2)18(12-14)26-3)28(23,24)16-9-7-15(8-10-16)27(21,22)19-13-4-5-13/h6-13,19H,4-5H2,1-3H3. The average Bonchev–Trinajstić information content (AvgIpc) is 3.50. The summed E-state index contributed by atoms with van der Waals surface area (Å²) in [5.41, 5.74) is 0.379. The fraction of sp³-hybridized carbons (Fsp3) is 0.333. The van der Waals surface area contributed by atoms with Gasteiger partial charge in [-0.1, -0.05) is 0 Å². The Morgan fingerprint density at radius 1 is 0.893 bits per heavy atom. The topological polar surface area (TPSA) is 102 Å². The second-order valence-electron chi connectivity index (χ2n) is 6.38. The summed E-state index contributed by atoms with van der Waals surface area (Å²) in [7, 11) is -3.16. The molecule has 2 aromatic rings. The molecule has 10 heteroatoms. The summed E-state index contributed by atoms with van der Waals surface area (Å²) >= 11 is 0. The first kappa shape index (κ1) is 20.4. The maximum Gasteiger partial charge on any atom is 0.264 e. The van der Waals surface area contributed by atoms with Crippen LogP contribution in [0.15, 0.2) is 52.3 Å². The molecule has 0 bridgehead atoms. The molecule has 2 aromatic carbocycles. The summed E-state index contributed by atoms with van der Waals surface area (Å²) in [5, 5.41) is 0. The molecule has 1 saturated carbocycles. The van der Waals surface area contributed by atoms with Crippen LogP contribution < -0.4 is 18.5 Å². The molecular weight excluding hydrogens is 404 g/mol. The van der Waals surface area contributed by atoms with Crippen molar-refractivity contribution >= 4 is 25.7 Å². The van der Waals surface area contributed by atoms with Crippen molar-refractivity contribution in [1.82, 2.24) is 4.72 Å². The summed E-state index contributed by atoms with van der Waals surface area (Å²) in [5.74, 6) is 0.879. The molecule has 152 valence electrons. The van der Waals surface area contributed by atoms with E-state index in [9.17, 15) is 16.8 Å². The third kappa shape index (κ3) is 4.08. The molecule has 28 heavy (non-hydrogen) atoms. The number of ether oxygens (including phenoxy) is 2. The van der Waals surface area contributed by atoms with Gasteiger partial charge < -0.3 is 9.47 Å². The number of nitrogens with one attached hydrogen (secondary N) is 1. The highest BCUT2D eigenvalue weighted by atomic mass is 32.2. The van der Waals surface area contributed by atoms with Crippen LogP contribution in [0.1, 0.15) is 12.8 Å². The smallest absolute Gasteiger partial charge is 0.264 e. The highest BCUT2D eigenvalue weighted by molar-refractivity contribution is 7.92. The lowest BCUT2D eigenvalue weighted by molar-refractivity contribution is 0.355. The lowest BCUT2D eigenvalue weighted by atomic mass is 10.3. The first-order valence-electron chi connectivity index (χ1n) is 8.52. The predicted molar refractivity (Wildman–Crippen MR) is 105 cm³/mol. The Morgan fingerprint density at radius 3 is 2.00 bits per heavy atom. The third-order valence-corrected chi connectivity index (χ3v) is 7.76. The van der Waals surface area contributed by atoms with Gasteiger partial charge in [0.2, 0.25) is 10.0 Å². The Hall–Kier alpha value is -2.30. The van der Waals surface area contributed by atoms with Crippen LogP contribution in [0, 0.1) is 0 Å². The van der Waals surface area contributed by atoms with Crippen molar-refractivity contribution in [2.24, 2.45) is 0 Å². The quantitative estimate of drug-likeness (QED) is 0.692. The Labute approximate surface area is 165 Å². The molecule has 0 amide bonds. The van der Waals surface area contributed by atoms with E-state index in [1.165, 1.54) is 45.5 Å².